The number of halogens is 2. The molecule has 0 amide bonds. The molecular formula is Cl2S5Se2. The van der Waals surface area contributed by atoms with E-state index in [1.54, 1.807) is 47.9 Å². The Hall–Kier alpha value is 3.37. The van der Waals surface area contributed by atoms with Crippen LogP contribution >= 0.6 is 68.1 Å². The zero-order valence-corrected chi connectivity index (χ0v) is 12.6. The summed E-state index contributed by atoms with van der Waals surface area (Å²) in [7, 11) is 19.5. The third-order valence-electron chi connectivity index (χ3n) is 0.163. The first-order valence-corrected chi connectivity index (χ1v) is 16.0. The quantitative estimate of drug-likeness (QED) is 0.383. The van der Waals surface area contributed by atoms with Crippen molar-refractivity contribution in [2.75, 3.05) is 0 Å². The molecule has 56 valence electrons. The first-order chi connectivity index (χ1) is 4.41. The van der Waals surface area contributed by atoms with Crippen molar-refractivity contribution < 1.29 is 0 Å². The topological polar surface area (TPSA) is 0 Å². The van der Waals surface area contributed by atoms with E-state index in [0.717, 1.165) is 0 Å². The van der Waals surface area contributed by atoms with Crippen LogP contribution in [0.15, 0.2) is 0 Å². The minimum absolute atomic E-state index is 0.203. The van der Waals surface area contributed by atoms with Gasteiger partial charge in [0, 0.05) is 0 Å². The molecule has 0 rings (SSSR count). The predicted octanol–water partition coefficient (Wildman–Crippen LogP) is 3.86. The van der Waals surface area contributed by atoms with Crippen LogP contribution in [0.4, 0.5) is 0 Å². The van der Waals surface area contributed by atoms with Crippen molar-refractivity contribution in [3.8, 4) is 0 Å². The molecule has 0 aliphatic heterocycles. The maximum absolute atomic E-state index is 5.47. The van der Waals surface area contributed by atoms with Gasteiger partial charge in [-0.05, 0) is 0 Å². The van der Waals surface area contributed by atoms with Crippen LogP contribution in [0.2, 0.25) is 0 Å². The van der Waals surface area contributed by atoms with Gasteiger partial charge in [-0.1, -0.05) is 0 Å². The number of hydrogen-bond acceptors (Lipinski definition) is 5. The molecule has 0 radical (unpaired) electrons. The van der Waals surface area contributed by atoms with Gasteiger partial charge in [-0.2, -0.15) is 0 Å². The molecule has 0 heterocycles. The molecule has 0 bridgehead atoms. The van der Waals surface area contributed by atoms with E-state index in [2.05, 4.69) is 0 Å². The Morgan fingerprint density at radius 2 is 1.22 bits per heavy atom. The van der Waals surface area contributed by atoms with Crippen molar-refractivity contribution in [1.82, 2.24) is 0 Å². The first-order valence-electron chi connectivity index (χ1n) is 1.31. The second kappa shape index (κ2) is 11.4. The number of hydrogen-bond donors (Lipinski definition) is 0. The average molecular weight is 389 g/mol. The predicted molar refractivity (Wildman–Crippen MR) is 61.2 cm³/mol. The van der Waals surface area contributed by atoms with E-state index in [4.69, 9.17) is 20.2 Å². The van der Waals surface area contributed by atoms with Gasteiger partial charge in [-0.25, -0.2) is 0 Å². The molecule has 9 heavy (non-hydrogen) atoms. The molecule has 0 unspecified atom stereocenters. The van der Waals surface area contributed by atoms with E-state index < -0.39 is 0 Å². The van der Waals surface area contributed by atoms with Crippen LogP contribution < -0.4 is 0 Å². The van der Waals surface area contributed by atoms with Crippen molar-refractivity contribution in [3.05, 3.63) is 0 Å². The monoisotopic (exact) mass is 390 g/mol. The van der Waals surface area contributed by atoms with Gasteiger partial charge in [0.15, 0.2) is 0 Å². The summed E-state index contributed by atoms with van der Waals surface area (Å²) in [5, 5.41) is 0. The normalized spacial score (nSPS) is 10.0. The van der Waals surface area contributed by atoms with Gasteiger partial charge in [0.1, 0.15) is 0 Å². The van der Waals surface area contributed by atoms with Crippen molar-refractivity contribution in [3.63, 3.8) is 0 Å². The molecule has 0 aromatic heterocycles. The molecule has 0 aliphatic rings. The van der Waals surface area contributed by atoms with Crippen LogP contribution in [0.25, 0.3) is 0 Å². The Balaban J connectivity index is 2.60. The van der Waals surface area contributed by atoms with E-state index in [-0.39, 0.29) is 25.8 Å². The maximum atomic E-state index is 5.47. The Morgan fingerprint density at radius 3 is 1.56 bits per heavy atom. The molecule has 0 saturated heterocycles. The van der Waals surface area contributed by atoms with E-state index in [9.17, 15) is 0 Å². The minimum atomic E-state index is 0.203. The number of rotatable bonds is 6. The molecular weight excluding hydrogens is 389 g/mol. The van der Waals surface area contributed by atoms with E-state index >= 15 is 0 Å². The van der Waals surface area contributed by atoms with Gasteiger partial charge in [-0.3, -0.25) is 0 Å². The van der Waals surface area contributed by atoms with Gasteiger partial charge in [0.2, 0.25) is 0 Å². The van der Waals surface area contributed by atoms with Crippen LogP contribution in [0.1, 0.15) is 0 Å². The summed E-state index contributed by atoms with van der Waals surface area (Å²) >= 11 is 0.407. The molecule has 0 saturated carbocycles. The zero-order valence-electron chi connectivity index (χ0n) is 3.61. The Kier molecular flexibility index (Phi) is 15.6. The summed E-state index contributed by atoms with van der Waals surface area (Å²) in [6.07, 6.45) is 0. The molecule has 9 heteroatoms. The summed E-state index contributed by atoms with van der Waals surface area (Å²) in [6, 6.07) is 0. The molecule has 0 spiro atoms. The summed E-state index contributed by atoms with van der Waals surface area (Å²) in [5.74, 6) is 0. The average Bonchev–Trinajstić information content (AvgIpc) is 1.89. The fourth-order valence-corrected chi connectivity index (χ4v) is 21.1. The van der Waals surface area contributed by atoms with E-state index in [0.29, 0.717) is 0 Å². The summed E-state index contributed by atoms with van der Waals surface area (Å²) < 4.78 is 0. The SMILES string of the molecule is Cl[Se]SSSSS[Se]Cl. The van der Waals surface area contributed by atoms with Crippen LogP contribution in [0.3, 0.4) is 0 Å². The fraction of sp³-hybridized carbons (Fsp3) is 0. The van der Waals surface area contributed by atoms with Crippen LogP contribution in [-0.2, 0) is 0 Å². The van der Waals surface area contributed by atoms with Crippen molar-refractivity contribution in [2.24, 2.45) is 0 Å². The third-order valence-corrected chi connectivity index (χ3v) is 19.5. The summed E-state index contributed by atoms with van der Waals surface area (Å²) in [4.78, 5) is 0. The van der Waals surface area contributed by atoms with Crippen LogP contribution in [0, 0.1) is 0 Å². The van der Waals surface area contributed by atoms with Crippen molar-refractivity contribution in [2.45, 2.75) is 0 Å². The van der Waals surface area contributed by atoms with Gasteiger partial charge in [0.25, 0.3) is 0 Å². The first kappa shape index (κ1) is 12.4. The van der Waals surface area contributed by atoms with Gasteiger partial charge in [-0.15, -0.1) is 0 Å². The Morgan fingerprint density at radius 1 is 0.778 bits per heavy atom. The summed E-state index contributed by atoms with van der Waals surface area (Å²) in [5.41, 5.74) is 0. The van der Waals surface area contributed by atoms with Crippen LogP contribution in [-0.4, -0.2) is 25.8 Å². The molecule has 0 aromatic carbocycles. The molecule has 0 atom stereocenters. The van der Waals surface area contributed by atoms with E-state index in [1.165, 1.54) is 0 Å². The Bertz CT molecular complexity index is 46.2. The molecule has 0 aliphatic carbocycles. The van der Waals surface area contributed by atoms with Gasteiger partial charge in [0.05, 0.1) is 0 Å². The van der Waals surface area contributed by atoms with Crippen molar-refractivity contribution in [1.29, 1.82) is 0 Å². The summed E-state index contributed by atoms with van der Waals surface area (Å²) in [6.45, 7) is 0. The fourth-order valence-electron chi connectivity index (χ4n) is 0.0550. The van der Waals surface area contributed by atoms with Gasteiger partial charge >= 0.3 is 93.9 Å². The zero-order chi connectivity index (χ0) is 6.95. The molecule has 0 N–H and O–H groups in total. The molecule has 0 nitrogen and oxygen atoms in total. The molecule has 0 fully saturated rings. The molecule has 0 aromatic rings. The second-order valence-electron chi connectivity index (χ2n) is 0.466. The van der Waals surface area contributed by atoms with Crippen LogP contribution in [0.5, 0.6) is 0 Å². The van der Waals surface area contributed by atoms with E-state index in [1.807, 2.05) is 0 Å². The third kappa shape index (κ3) is 11.4. The standard InChI is InChI=1S/Cl2S5Se2/c1-8-6-4-3-5-7-9-2. The van der Waals surface area contributed by atoms with Gasteiger partial charge < -0.3 is 0 Å². The Labute approximate surface area is 92.3 Å². The second-order valence-corrected chi connectivity index (χ2v) is 17.8. The van der Waals surface area contributed by atoms with Crippen molar-refractivity contribution >= 4 is 93.9 Å².